The summed E-state index contributed by atoms with van der Waals surface area (Å²) in [6, 6.07) is 0. The number of hydrogen-bond acceptors (Lipinski definition) is 8. The smallest absolute Gasteiger partial charge is 0.330 e. The molecule has 0 N–H and O–H groups in total. The van der Waals surface area contributed by atoms with Crippen LogP contribution < -0.4 is 0 Å². The van der Waals surface area contributed by atoms with Crippen molar-refractivity contribution < 1.29 is 38.0 Å². The van der Waals surface area contributed by atoms with Gasteiger partial charge >= 0.3 is 11.9 Å². The van der Waals surface area contributed by atoms with Crippen molar-refractivity contribution in [3.63, 3.8) is 0 Å². The van der Waals surface area contributed by atoms with Crippen LogP contribution in [0.5, 0.6) is 0 Å². The topological polar surface area (TPSA) is 89.5 Å². The van der Waals surface area contributed by atoms with Crippen molar-refractivity contribution in [2.45, 2.75) is 45.2 Å². The molecule has 0 amide bonds. The highest BCUT2D eigenvalue weighted by molar-refractivity contribution is 5.81. The van der Waals surface area contributed by atoms with Gasteiger partial charge in [0.05, 0.1) is 33.0 Å². The number of esters is 2. The molecular weight excluding hydrogens is 392 g/mol. The van der Waals surface area contributed by atoms with E-state index in [2.05, 4.69) is 26.3 Å². The van der Waals surface area contributed by atoms with Gasteiger partial charge in [-0.3, -0.25) is 0 Å². The van der Waals surface area contributed by atoms with Crippen molar-refractivity contribution >= 4 is 11.9 Å². The van der Waals surface area contributed by atoms with Gasteiger partial charge in [-0.15, -0.1) is 0 Å². The zero-order valence-electron chi connectivity index (χ0n) is 18.2. The van der Waals surface area contributed by atoms with Crippen LogP contribution >= 0.6 is 0 Å². The maximum absolute atomic E-state index is 11.3. The third-order valence-corrected chi connectivity index (χ3v) is 3.43. The van der Waals surface area contributed by atoms with E-state index < -0.39 is 30.3 Å². The Morgan fingerprint density at radius 2 is 1.13 bits per heavy atom. The van der Waals surface area contributed by atoms with Gasteiger partial charge in [-0.2, -0.15) is 0 Å². The molecule has 0 saturated carbocycles. The first-order valence-electron chi connectivity index (χ1n) is 9.62. The van der Waals surface area contributed by atoms with Gasteiger partial charge in [0.15, 0.2) is 0 Å². The van der Waals surface area contributed by atoms with Gasteiger partial charge < -0.3 is 28.4 Å². The molecule has 0 aromatic rings. The molecule has 4 atom stereocenters. The summed E-state index contributed by atoms with van der Waals surface area (Å²) in [5, 5.41) is 0. The number of ether oxygens (including phenoxy) is 6. The van der Waals surface area contributed by atoms with E-state index in [1.54, 1.807) is 13.8 Å². The van der Waals surface area contributed by atoms with Crippen molar-refractivity contribution in [2.24, 2.45) is 0 Å². The molecule has 0 heterocycles. The second kappa shape index (κ2) is 16.4. The Balaban J connectivity index is 4.52. The van der Waals surface area contributed by atoms with Crippen molar-refractivity contribution in [3.05, 3.63) is 50.3 Å². The molecule has 0 aromatic carbocycles. The molecular formula is C22H34O8. The molecule has 0 radical (unpaired) electrons. The van der Waals surface area contributed by atoms with Crippen LogP contribution in [0, 0.1) is 0 Å². The molecule has 170 valence electrons. The predicted octanol–water partition coefficient (Wildman–Crippen LogP) is 2.75. The van der Waals surface area contributed by atoms with Crippen LogP contribution in [0.2, 0.25) is 0 Å². The molecule has 30 heavy (non-hydrogen) atoms. The molecule has 0 bridgehead atoms. The Kier molecular flexibility index (Phi) is 15.1. The van der Waals surface area contributed by atoms with Crippen molar-refractivity contribution in [2.75, 3.05) is 33.0 Å². The lowest BCUT2D eigenvalue weighted by atomic mass is 10.3. The zero-order valence-corrected chi connectivity index (χ0v) is 18.2. The van der Waals surface area contributed by atoms with E-state index in [1.165, 1.54) is 6.08 Å². The largest absolute Gasteiger partial charge is 0.489 e. The van der Waals surface area contributed by atoms with Gasteiger partial charge in [0.1, 0.15) is 30.2 Å². The number of carbonyl (C=O) groups excluding carboxylic acids is 2. The fourth-order valence-corrected chi connectivity index (χ4v) is 2.05. The Morgan fingerprint density at radius 3 is 1.57 bits per heavy atom. The normalized spacial score (nSPS) is 14.5. The summed E-state index contributed by atoms with van der Waals surface area (Å²) >= 11 is 0. The van der Waals surface area contributed by atoms with Gasteiger partial charge in [0, 0.05) is 12.2 Å². The van der Waals surface area contributed by atoms with Crippen LogP contribution in [0.3, 0.4) is 0 Å². The summed E-state index contributed by atoms with van der Waals surface area (Å²) in [4.78, 5) is 22.5. The van der Waals surface area contributed by atoms with Crippen LogP contribution in [0.25, 0.3) is 0 Å². The SMILES string of the molecule is C=CC(=C)OC(C)COCC(COCC(C)OC(=O)C=C)OCC(C)OC(=O)C=C. The monoisotopic (exact) mass is 426 g/mol. The van der Waals surface area contributed by atoms with Gasteiger partial charge in [0.2, 0.25) is 0 Å². The molecule has 0 aliphatic heterocycles. The average Bonchev–Trinajstić information content (AvgIpc) is 2.70. The first-order chi connectivity index (χ1) is 14.2. The van der Waals surface area contributed by atoms with E-state index >= 15 is 0 Å². The zero-order chi connectivity index (χ0) is 22.9. The van der Waals surface area contributed by atoms with E-state index in [4.69, 9.17) is 28.4 Å². The number of allylic oxidation sites excluding steroid dienone is 1. The van der Waals surface area contributed by atoms with E-state index in [0.29, 0.717) is 12.4 Å². The molecule has 8 heteroatoms. The average molecular weight is 427 g/mol. The first-order valence-corrected chi connectivity index (χ1v) is 9.62. The second-order valence-electron chi connectivity index (χ2n) is 6.53. The van der Waals surface area contributed by atoms with Crippen LogP contribution in [0.4, 0.5) is 0 Å². The lowest BCUT2D eigenvalue weighted by molar-refractivity contribution is -0.151. The third kappa shape index (κ3) is 14.6. The standard InChI is InChI=1S/C22H34O8/c1-8-16(4)28-17(5)11-25-14-20(27-13-19(7)30-22(24)10-3)15-26-12-18(6)29-21(23)9-2/h8-10,17-20H,1-4,11-15H2,5-7H3. The van der Waals surface area contributed by atoms with Crippen molar-refractivity contribution in [1.29, 1.82) is 0 Å². The van der Waals surface area contributed by atoms with Crippen LogP contribution in [0.15, 0.2) is 50.3 Å². The maximum Gasteiger partial charge on any atom is 0.330 e. The fourth-order valence-electron chi connectivity index (χ4n) is 2.05. The first kappa shape index (κ1) is 27.6. The third-order valence-electron chi connectivity index (χ3n) is 3.43. The second-order valence-corrected chi connectivity index (χ2v) is 6.53. The molecule has 0 spiro atoms. The highest BCUT2D eigenvalue weighted by atomic mass is 16.6. The van der Waals surface area contributed by atoms with Gasteiger partial charge in [-0.1, -0.05) is 26.3 Å². The maximum atomic E-state index is 11.3. The number of rotatable bonds is 18. The summed E-state index contributed by atoms with van der Waals surface area (Å²) in [6.07, 6.45) is 2.13. The highest BCUT2D eigenvalue weighted by Gasteiger charge is 2.16. The summed E-state index contributed by atoms with van der Waals surface area (Å²) in [6.45, 7) is 20.3. The highest BCUT2D eigenvalue weighted by Crippen LogP contribution is 2.05. The molecule has 4 unspecified atom stereocenters. The molecule has 0 aliphatic rings. The number of hydrogen-bond donors (Lipinski definition) is 0. The summed E-state index contributed by atoms with van der Waals surface area (Å²) in [7, 11) is 0. The predicted molar refractivity (Wildman–Crippen MR) is 113 cm³/mol. The van der Waals surface area contributed by atoms with Gasteiger partial charge in [-0.05, 0) is 26.8 Å². The molecule has 0 aliphatic carbocycles. The lowest BCUT2D eigenvalue weighted by Gasteiger charge is -2.22. The molecule has 8 nitrogen and oxygen atoms in total. The quantitative estimate of drug-likeness (QED) is 0.143. The van der Waals surface area contributed by atoms with Crippen molar-refractivity contribution in [1.82, 2.24) is 0 Å². The Morgan fingerprint density at radius 1 is 0.700 bits per heavy atom. The summed E-state index contributed by atoms with van der Waals surface area (Å²) in [5.41, 5.74) is 0. The van der Waals surface area contributed by atoms with Crippen LogP contribution in [-0.4, -0.2) is 69.4 Å². The Labute approximate surface area is 179 Å². The van der Waals surface area contributed by atoms with Crippen LogP contribution in [-0.2, 0) is 38.0 Å². The molecule has 0 aromatic heterocycles. The fraction of sp³-hybridized carbons (Fsp3) is 0.545. The number of carbonyl (C=O) groups is 2. The van der Waals surface area contributed by atoms with Crippen LogP contribution in [0.1, 0.15) is 20.8 Å². The lowest BCUT2D eigenvalue weighted by Crippen LogP contribution is -2.32. The van der Waals surface area contributed by atoms with Crippen molar-refractivity contribution in [3.8, 4) is 0 Å². The minimum absolute atomic E-state index is 0.150. The van der Waals surface area contributed by atoms with E-state index in [-0.39, 0.29) is 32.5 Å². The van der Waals surface area contributed by atoms with E-state index in [0.717, 1.165) is 12.2 Å². The minimum Gasteiger partial charge on any atom is -0.489 e. The molecule has 0 saturated heterocycles. The minimum atomic E-state index is -0.526. The Bertz CT molecular complexity index is 537. The summed E-state index contributed by atoms with van der Waals surface area (Å²) < 4.78 is 32.6. The van der Waals surface area contributed by atoms with Gasteiger partial charge in [0.25, 0.3) is 0 Å². The van der Waals surface area contributed by atoms with E-state index in [1.807, 2.05) is 6.92 Å². The molecule has 0 rings (SSSR count). The van der Waals surface area contributed by atoms with Gasteiger partial charge in [-0.25, -0.2) is 9.59 Å². The Hall–Kier alpha value is -2.42. The summed E-state index contributed by atoms with van der Waals surface area (Å²) in [5.74, 6) is -0.584. The molecule has 0 fully saturated rings. The van der Waals surface area contributed by atoms with E-state index in [9.17, 15) is 9.59 Å².